The van der Waals surface area contributed by atoms with E-state index in [1.165, 1.54) is 0 Å². The number of nitrogens with zero attached hydrogens (tertiary/aromatic N) is 1. The van der Waals surface area contributed by atoms with Crippen molar-refractivity contribution >= 4 is 5.78 Å². The lowest BCUT2D eigenvalue weighted by Gasteiger charge is -2.54. The van der Waals surface area contributed by atoms with Crippen LogP contribution in [0, 0.1) is 46.3 Å². The molecule has 0 aromatic heterocycles. The van der Waals surface area contributed by atoms with Gasteiger partial charge in [-0.15, -0.1) is 0 Å². The summed E-state index contributed by atoms with van der Waals surface area (Å²) in [7, 11) is 0. The maximum absolute atomic E-state index is 12.0. The van der Waals surface area contributed by atoms with Gasteiger partial charge in [0.2, 0.25) is 0 Å². The Kier molecular flexibility index (Phi) is 3.44. The van der Waals surface area contributed by atoms with Crippen molar-refractivity contribution in [3.8, 4) is 6.07 Å². The minimum atomic E-state index is -1.13. The van der Waals surface area contributed by atoms with E-state index in [-0.39, 0.29) is 17.3 Å². The van der Waals surface area contributed by atoms with E-state index in [0.717, 1.165) is 32.1 Å². The molecule has 0 amide bonds. The van der Waals surface area contributed by atoms with Crippen LogP contribution in [-0.2, 0) is 4.79 Å². The molecule has 7 atom stereocenters. The molecule has 0 aromatic rings. The summed E-state index contributed by atoms with van der Waals surface area (Å²) in [4.78, 5) is 12.0. The smallest absolute Gasteiger partial charge is 0.153 e. The van der Waals surface area contributed by atoms with Crippen LogP contribution in [0.3, 0.4) is 0 Å². The maximum atomic E-state index is 12.0. The van der Waals surface area contributed by atoms with Crippen LogP contribution in [0.5, 0.6) is 0 Å². The van der Waals surface area contributed by atoms with Crippen molar-refractivity contribution in [3.05, 3.63) is 0 Å². The Hall–Kier alpha value is -0.880. The number of fused-ring (bicyclic) bond motifs is 3. The van der Waals surface area contributed by atoms with Crippen molar-refractivity contribution in [2.75, 3.05) is 0 Å². The van der Waals surface area contributed by atoms with Crippen LogP contribution >= 0.6 is 0 Å². The Balaban J connectivity index is 1.87. The first-order valence-electron chi connectivity index (χ1n) is 8.47. The quantitative estimate of drug-likeness (QED) is 0.753. The lowest BCUT2D eigenvalue weighted by Crippen LogP contribution is -2.53. The second-order valence-corrected chi connectivity index (χ2v) is 8.08. The van der Waals surface area contributed by atoms with E-state index < -0.39 is 5.60 Å². The Bertz CT molecular complexity index is 496. The van der Waals surface area contributed by atoms with Gasteiger partial charge in [-0.3, -0.25) is 4.79 Å². The zero-order valence-corrected chi connectivity index (χ0v) is 13.4. The highest BCUT2D eigenvalue weighted by atomic mass is 16.3. The molecular formula is C18H27NO2. The Morgan fingerprint density at radius 2 is 1.86 bits per heavy atom. The number of hydrogen-bond acceptors (Lipinski definition) is 3. The molecular weight excluding hydrogens is 262 g/mol. The third-order valence-corrected chi connectivity index (χ3v) is 7.43. The highest BCUT2D eigenvalue weighted by Gasteiger charge is 2.59. The third kappa shape index (κ3) is 1.99. The molecule has 3 aliphatic rings. The minimum Gasteiger partial charge on any atom is -0.375 e. The molecule has 3 heteroatoms. The molecule has 1 unspecified atom stereocenters. The molecule has 21 heavy (non-hydrogen) atoms. The van der Waals surface area contributed by atoms with Gasteiger partial charge in [-0.1, -0.05) is 13.8 Å². The molecule has 0 spiro atoms. The molecule has 0 bridgehead atoms. The summed E-state index contributed by atoms with van der Waals surface area (Å²) >= 11 is 0. The average molecular weight is 289 g/mol. The molecule has 1 N–H and O–H groups in total. The molecule has 3 aliphatic carbocycles. The van der Waals surface area contributed by atoms with Crippen molar-refractivity contribution in [2.24, 2.45) is 35.0 Å². The monoisotopic (exact) mass is 289 g/mol. The second kappa shape index (κ2) is 4.81. The predicted octanol–water partition coefficient (Wildman–Crippen LogP) is 3.32. The van der Waals surface area contributed by atoms with Gasteiger partial charge in [0.15, 0.2) is 5.60 Å². The number of rotatable bonds is 1. The molecule has 3 nitrogen and oxygen atoms in total. The summed E-state index contributed by atoms with van der Waals surface area (Å²) in [6, 6.07) is 2.16. The highest BCUT2D eigenvalue weighted by Crippen LogP contribution is 2.63. The number of Topliss-reactive ketones (excluding diaryl/α,β-unsaturated/α-hetero) is 1. The van der Waals surface area contributed by atoms with Crippen LogP contribution in [0.25, 0.3) is 0 Å². The number of aliphatic hydroxyl groups is 1. The molecule has 0 aliphatic heterocycles. The van der Waals surface area contributed by atoms with Crippen molar-refractivity contribution < 1.29 is 9.90 Å². The normalized spacial score (nSPS) is 52.6. The lowest BCUT2D eigenvalue weighted by molar-refractivity contribution is -0.131. The summed E-state index contributed by atoms with van der Waals surface area (Å²) in [6.45, 7) is 6.13. The highest BCUT2D eigenvalue weighted by molar-refractivity contribution is 5.79. The van der Waals surface area contributed by atoms with Crippen LogP contribution in [0.1, 0.15) is 59.3 Å². The first-order valence-corrected chi connectivity index (χ1v) is 8.47. The van der Waals surface area contributed by atoms with Gasteiger partial charge in [0, 0.05) is 11.8 Å². The van der Waals surface area contributed by atoms with Gasteiger partial charge in [0.1, 0.15) is 5.78 Å². The zero-order chi connectivity index (χ0) is 15.4. The van der Waals surface area contributed by atoms with E-state index in [0.29, 0.717) is 30.0 Å². The minimum absolute atomic E-state index is 0.0576. The molecule has 3 fully saturated rings. The van der Waals surface area contributed by atoms with E-state index in [2.05, 4.69) is 19.9 Å². The summed E-state index contributed by atoms with van der Waals surface area (Å²) in [5, 5.41) is 19.8. The van der Waals surface area contributed by atoms with E-state index in [1.54, 1.807) is 6.92 Å². The molecule has 3 rings (SSSR count). The fraction of sp³-hybridized carbons (Fsp3) is 0.889. The van der Waals surface area contributed by atoms with E-state index in [1.807, 2.05) is 0 Å². The molecule has 0 saturated heterocycles. The van der Waals surface area contributed by atoms with Crippen molar-refractivity contribution in [3.63, 3.8) is 0 Å². The number of nitriles is 1. The van der Waals surface area contributed by atoms with Gasteiger partial charge >= 0.3 is 0 Å². The summed E-state index contributed by atoms with van der Waals surface area (Å²) < 4.78 is 0. The van der Waals surface area contributed by atoms with Crippen molar-refractivity contribution in [1.29, 1.82) is 5.26 Å². The van der Waals surface area contributed by atoms with Crippen LogP contribution in [0.2, 0.25) is 0 Å². The third-order valence-electron chi connectivity index (χ3n) is 7.43. The van der Waals surface area contributed by atoms with Crippen LogP contribution < -0.4 is 0 Å². The number of carbonyl (C=O) groups excluding carboxylic acids is 1. The predicted molar refractivity (Wildman–Crippen MR) is 80.2 cm³/mol. The fourth-order valence-electron chi connectivity index (χ4n) is 6.15. The number of hydrogen-bond donors (Lipinski definition) is 1. The standard InChI is InChI=1S/C18H27NO2/c1-11-13-6-8-17(3)15(12(2)20)4-5-16(17)14(13)7-9-18(11,21)10-19/h11,13-16,21H,4-9H2,1-3H3/t11-,13-,14-,15-,16+,17-,18?/m1/s1. The first-order chi connectivity index (χ1) is 9.83. The number of ketones is 1. The van der Waals surface area contributed by atoms with Gasteiger partial charge in [0.05, 0.1) is 6.07 Å². The molecule has 3 saturated carbocycles. The van der Waals surface area contributed by atoms with E-state index in [9.17, 15) is 15.2 Å². The average Bonchev–Trinajstić information content (AvgIpc) is 2.80. The summed E-state index contributed by atoms with van der Waals surface area (Å²) in [5.41, 5.74) is -0.970. The van der Waals surface area contributed by atoms with Gasteiger partial charge in [-0.2, -0.15) is 5.26 Å². The largest absolute Gasteiger partial charge is 0.375 e. The second-order valence-electron chi connectivity index (χ2n) is 8.08. The maximum Gasteiger partial charge on any atom is 0.153 e. The van der Waals surface area contributed by atoms with Gasteiger partial charge < -0.3 is 5.11 Å². The van der Waals surface area contributed by atoms with Crippen molar-refractivity contribution in [2.45, 2.75) is 64.9 Å². The summed E-state index contributed by atoms with van der Waals surface area (Å²) in [5.74, 6) is 2.30. The van der Waals surface area contributed by atoms with Crippen LogP contribution in [-0.4, -0.2) is 16.5 Å². The van der Waals surface area contributed by atoms with Gasteiger partial charge in [-0.05, 0) is 68.6 Å². The SMILES string of the molecule is CC(=O)[C@H]1CC[C@H]2[C@@H]3CCC(O)(C#N)[C@H](C)[C@H]3CC[C@]12C. The van der Waals surface area contributed by atoms with E-state index in [4.69, 9.17) is 0 Å². The first kappa shape index (κ1) is 15.0. The Morgan fingerprint density at radius 3 is 2.48 bits per heavy atom. The molecule has 0 radical (unpaired) electrons. The Labute approximate surface area is 127 Å². The van der Waals surface area contributed by atoms with Crippen LogP contribution in [0.4, 0.5) is 0 Å². The van der Waals surface area contributed by atoms with Crippen molar-refractivity contribution in [1.82, 2.24) is 0 Å². The van der Waals surface area contributed by atoms with Crippen LogP contribution in [0.15, 0.2) is 0 Å². The summed E-state index contributed by atoms with van der Waals surface area (Å²) in [6.07, 6.45) is 5.88. The zero-order valence-electron chi connectivity index (χ0n) is 13.4. The fourth-order valence-corrected chi connectivity index (χ4v) is 6.15. The Morgan fingerprint density at radius 1 is 1.19 bits per heavy atom. The van der Waals surface area contributed by atoms with E-state index >= 15 is 0 Å². The lowest BCUT2D eigenvalue weighted by atomic mass is 9.51. The topological polar surface area (TPSA) is 61.1 Å². The van der Waals surface area contributed by atoms with Gasteiger partial charge in [0.25, 0.3) is 0 Å². The van der Waals surface area contributed by atoms with Gasteiger partial charge in [-0.25, -0.2) is 0 Å². The molecule has 116 valence electrons. The molecule has 0 aromatic carbocycles. The number of carbonyl (C=O) groups is 1. The molecule has 0 heterocycles.